The van der Waals surface area contributed by atoms with Crippen LogP contribution in [0.25, 0.3) is 11.1 Å². The van der Waals surface area contributed by atoms with Crippen LogP contribution in [0.5, 0.6) is 5.75 Å². The van der Waals surface area contributed by atoms with Gasteiger partial charge >= 0.3 is 0 Å². The lowest BCUT2D eigenvalue weighted by Crippen LogP contribution is -2.37. The molecule has 30 heavy (non-hydrogen) atoms. The Bertz CT molecular complexity index is 1010. The molecule has 0 atom stereocenters. The second kappa shape index (κ2) is 8.45. The highest BCUT2D eigenvalue weighted by Crippen LogP contribution is 2.30. The van der Waals surface area contributed by atoms with Crippen molar-refractivity contribution >= 4 is 5.82 Å². The molecule has 0 spiro atoms. The summed E-state index contributed by atoms with van der Waals surface area (Å²) >= 11 is 0. The standard InChI is InChI=1S/C23H27N5O2/c1-27-22-8-10-24-15-20(22)21(26-27)16-30-18-6-4-17(5-7-18)19-3-2-9-25-23(19)28-11-13-29-14-12-28/h2-7,9,24H,8,10-16H2,1H3. The van der Waals surface area contributed by atoms with Crippen LogP contribution >= 0.6 is 0 Å². The van der Waals surface area contributed by atoms with Crippen LogP contribution in [-0.4, -0.2) is 47.6 Å². The van der Waals surface area contributed by atoms with Crippen molar-refractivity contribution in [2.24, 2.45) is 7.05 Å². The van der Waals surface area contributed by atoms with Gasteiger partial charge in [0.15, 0.2) is 0 Å². The molecule has 1 saturated heterocycles. The molecule has 4 heterocycles. The van der Waals surface area contributed by atoms with E-state index in [-0.39, 0.29) is 0 Å². The predicted octanol–water partition coefficient (Wildman–Crippen LogP) is 2.54. The molecule has 0 amide bonds. The molecule has 156 valence electrons. The summed E-state index contributed by atoms with van der Waals surface area (Å²) in [5, 5.41) is 8.09. The molecule has 0 radical (unpaired) electrons. The van der Waals surface area contributed by atoms with Gasteiger partial charge < -0.3 is 19.7 Å². The molecule has 0 saturated carbocycles. The maximum absolute atomic E-state index is 6.06. The Morgan fingerprint density at radius 2 is 1.97 bits per heavy atom. The first kappa shape index (κ1) is 19.1. The number of anilines is 1. The first-order chi connectivity index (χ1) is 14.8. The average molecular weight is 406 g/mol. The molecule has 7 nitrogen and oxygen atoms in total. The molecular formula is C23H27N5O2. The van der Waals surface area contributed by atoms with Gasteiger partial charge in [-0.25, -0.2) is 4.98 Å². The van der Waals surface area contributed by atoms with Crippen LogP contribution in [0.4, 0.5) is 5.82 Å². The van der Waals surface area contributed by atoms with Crippen molar-refractivity contribution in [1.82, 2.24) is 20.1 Å². The second-order valence-corrected chi connectivity index (χ2v) is 7.71. The van der Waals surface area contributed by atoms with Gasteiger partial charge in [0, 0.05) is 62.7 Å². The molecule has 5 rings (SSSR count). The van der Waals surface area contributed by atoms with Crippen molar-refractivity contribution in [2.75, 3.05) is 37.7 Å². The molecule has 0 bridgehead atoms. The summed E-state index contributed by atoms with van der Waals surface area (Å²) in [6.45, 7) is 5.59. The zero-order valence-corrected chi connectivity index (χ0v) is 17.3. The number of hydrogen-bond donors (Lipinski definition) is 1. The van der Waals surface area contributed by atoms with Crippen LogP contribution in [0.15, 0.2) is 42.6 Å². The van der Waals surface area contributed by atoms with Crippen LogP contribution in [-0.2, 0) is 31.4 Å². The lowest BCUT2D eigenvalue weighted by Gasteiger charge is -2.29. The predicted molar refractivity (Wildman–Crippen MR) is 116 cm³/mol. The average Bonchev–Trinajstić information content (AvgIpc) is 3.14. The fourth-order valence-electron chi connectivity index (χ4n) is 4.25. The Balaban J connectivity index is 1.31. The number of morpholine rings is 1. The fourth-order valence-corrected chi connectivity index (χ4v) is 4.25. The van der Waals surface area contributed by atoms with Crippen LogP contribution in [0.2, 0.25) is 0 Å². The molecule has 1 N–H and O–H groups in total. The lowest BCUT2D eigenvalue weighted by molar-refractivity contribution is 0.122. The van der Waals surface area contributed by atoms with Crippen molar-refractivity contribution in [2.45, 2.75) is 19.6 Å². The van der Waals surface area contributed by atoms with E-state index in [4.69, 9.17) is 9.47 Å². The number of pyridine rings is 1. The lowest BCUT2D eigenvalue weighted by atomic mass is 10.1. The largest absolute Gasteiger partial charge is 0.487 e. The first-order valence-corrected chi connectivity index (χ1v) is 10.5. The molecule has 0 unspecified atom stereocenters. The zero-order valence-electron chi connectivity index (χ0n) is 17.3. The molecule has 1 fully saturated rings. The summed E-state index contributed by atoms with van der Waals surface area (Å²) in [5.74, 6) is 1.86. The molecule has 7 heteroatoms. The van der Waals surface area contributed by atoms with Gasteiger partial charge in [-0.15, -0.1) is 0 Å². The van der Waals surface area contributed by atoms with E-state index < -0.39 is 0 Å². The van der Waals surface area contributed by atoms with Gasteiger partial charge in [0.1, 0.15) is 23.9 Å². The van der Waals surface area contributed by atoms with Gasteiger partial charge in [0.05, 0.1) is 13.2 Å². The monoisotopic (exact) mass is 405 g/mol. The molecule has 2 aromatic heterocycles. The van der Waals surface area contributed by atoms with Gasteiger partial charge in [0.25, 0.3) is 0 Å². The number of benzene rings is 1. The summed E-state index contributed by atoms with van der Waals surface area (Å²) in [6.07, 6.45) is 2.87. The third-order valence-corrected chi connectivity index (χ3v) is 5.84. The SMILES string of the molecule is Cn1nc(COc2ccc(-c3cccnc3N3CCOCC3)cc2)c2c1CCNC2. The normalized spacial score (nSPS) is 16.4. The van der Waals surface area contributed by atoms with Crippen LogP contribution in [0, 0.1) is 0 Å². The highest BCUT2D eigenvalue weighted by atomic mass is 16.5. The van der Waals surface area contributed by atoms with E-state index in [0.717, 1.165) is 74.2 Å². The number of aromatic nitrogens is 3. The van der Waals surface area contributed by atoms with Crippen LogP contribution in [0.1, 0.15) is 17.0 Å². The number of nitrogens with zero attached hydrogens (tertiary/aromatic N) is 4. The van der Waals surface area contributed by atoms with Gasteiger partial charge in [-0.3, -0.25) is 4.68 Å². The second-order valence-electron chi connectivity index (χ2n) is 7.71. The summed E-state index contributed by atoms with van der Waals surface area (Å²) in [4.78, 5) is 6.94. The minimum absolute atomic E-state index is 0.482. The van der Waals surface area contributed by atoms with Crippen LogP contribution < -0.4 is 15.0 Å². The van der Waals surface area contributed by atoms with E-state index in [1.165, 1.54) is 11.3 Å². The number of hydrogen-bond acceptors (Lipinski definition) is 6. The van der Waals surface area contributed by atoms with E-state index in [1.807, 2.05) is 36.1 Å². The van der Waals surface area contributed by atoms with Crippen molar-refractivity contribution in [3.63, 3.8) is 0 Å². The fraction of sp³-hybridized carbons (Fsp3) is 0.391. The summed E-state index contributed by atoms with van der Waals surface area (Å²) < 4.78 is 13.5. The van der Waals surface area contributed by atoms with Crippen molar-refractivity contribution in [3.05, 3.63) is 59.5 Å². The number of aryl methyl sites for hydroxylation is 1. The van der Waals surface area contributed by atoms with Crippen molar-refractivity contribution in [1.29, 1.82) is 0 Å². The molecule has 1 aromatic carbocycles. The molecule has 2 aliphatic heterocycles. The summed E-state index contributed by atoms with van der Waals surface area (Å²) in [7, 11) is 2.02. The maximum atomic E-state index is 6.06. The Labute approximate surface area is 176 Å². The highest BCUT2D eigenvalue weighted by molar-refractivity contribution is 5.76. The molecular weight excluding hydrogens is 378 g/mol. The van der Waals surface area contributed by atoms with Gasteiger partial charge in [0.2, 0.25) is 0 Å². The number of fused-ring (bicyclic) bond motifs is 1. The Morgan fingerprint density at radius 1 is 1.13 bits per heavy atom. The zero-order chi connectivity index (χ0) is 20.3. The van der Waals surface area contributed by atoms with Crippen LogP contribution in [0.3, 0.4) is 0 Å². The summed E-state index contributed by atoms with van der Waals surface area (Å²) in [6, 6.07) is 12.4. The minimum Gasteiger partial charge on any atom is -0.487 e. The van der Waals surface area contributed by atoms with Crippen molar-refractivity contribution < 1.29 is 9.47 Å². The van der Waals surface area contributed by atoms with E-state index in [2.05, 4.69) is 38.5 Å². The van der Waals surface area contributed by atoms with Gasteiger partial charge in [-0.05, 0) is 29.8 Å². The summed E-state index contributed by atoms with van der Waals surface area (Å²) in [5.41, 5.74) is 5.89. The Hall–Kier alpha value is -2.90. The molecule has 3 aromatic rings. The first-order valence-electron chi connectivity index (χ1n) is 10.5. The number of nitrogens with one attached hydrogen (secondary N) is 1. The van der Waals surface area contributed by atoms with E-state index in [1.54, 1.807) is 0 Å². The number of rotatable bonds is 5. The van der Waals surface area contributed by atoms with E-state index in [9.17, 15) is 0 Å². The Kier molecular flexibility index (Phi) is 5.38. The Morgan fingerprint density at radius 3 is 2.80 bits per heavy atom. The number of ether oxygens (including phenoxy) is 2. The molecule has 2 aliphatic rings. The van der Waals surface area contributed by atoms with Gasteiger partial charge in [-0.2, -0.15) is 5.10 Å². The highest BCUT2D eigenvalue weighted by Gasteiger charge is 2.19. The third kappa shape index (κ3) is 3.78. The van der Waals surface area contributed by atoms with Gasteiger partial charge in [-0.1, -0.05) is 12.1 Å². The van der Waals surface area contributed by atoms with E-state index >= 15 is 0 Å². The third-order valence-electron chi connectivity index (χ3n) is 5.84. The van der Waals surface area contributed by atoms with E-state index in [0.29, 0.717) is 6.61 Å². The topological polar surface area (TPSA) is 64.4 Å². The maximum Gasteiger partial charge on any atom is 0.136 e. The minimum atomic E-state index is 0.482. The molecule has 0 aliphatic carbocycles. The quantitative estimate of drug-likeness (QED) is 0.704. The smallest absolute Gasteiger partial charge is 0.136 e. The van der Waals surface area contributed by atoms with Crippen molar-refractivity contribution in [3.8, 4) is 16.9 Å².